The molecule has 0 saturated heterocycles. The molecule has 1 rings (SSSR count). The molecule has 15 heavy (non-hydrogen) atoms. The van der Waals surface area contributed by atoms with Gasteiger partial charge in [0.15, 0.2) is 0 Å². The van der Waals surface area contributed by atoms with E-state index in [1.165, 1.54) is 0 Å². The van der Waals surface area contributed by atoms with Crippen LogP contribution in [-0.2, 0) is 4.79 Å². The summed E-state index contributed by atoms with van der Waals surface area (Å²) in [6.07, 6.45) is 5.54. The summed E-state index contributed by atoms with van der Waals surface area (Å²) in [6.45, 7) is 5.98. The highest BCUT2D eigenvalue weighted by Crippen LogP contribution is 2.19. The third-order valence-electron chi connectivity index (χ3n) is 2.69. The monoisotopic (exact) mass is 209 g/mol. The third kappa shape index (κ3) is 2.46. The summed E-state index contributed by atoms with van der Waals surface area (Å²) in [6, 6.07) is -0.258. The van der Waals surface area contributed by atoms with Crippen LogP contribution in [0.15, 0.2) is 23.9 Å². The van der Waals surface area contributed by atoms with Crippen molar-refractivity contribution in [2.75, 3.05) is 6.54 Å². The Kier molecular flexibility index (Phi) is 3.31. The molecule has 4 nitrogen and oxygen atoms in total. The predicted octanol–water partition coefficient (Wildman–Crippen LogP) is 0.353. The molecule has 0 aliphatic heterocycles. The molecule has 0 fully saturated rings. The second-order valence-electron chi connectivity index (χ2n) is 4.08. The Labute approximate surface area is 90.6 Å². The van der Waals surface area contributed by atoms with Crippen molar-refractivity contribution in [1.82, 2.24) is 4.90 Å². The van der Waals surface area contributed by atoms with E-state index >= 15 is 0 Å². The van der Waals surface area contributed by atoms with Gasteiger partial charge in [0, 0.05) is 25.2 Å². The lowest BCUT2D eigenvalue weighted by molar-refractivity contribution is -0.126. The van der Waals surface area contributed by atoms with Gasteiger partial charge in [0.25, 0.3) is 0 Å². The van der Waals surface area contributed by atoms with Gasteiger partial charge in [-0.05, 0) is 26.0 Å². The molecule has 0 aromatic heterocycles. The summed E-state index contributed by atoms with van der Waals surface area (Å²) in [5, 5.41) is 0. The van der Waals surface area contributed by atoms with Crippen LogP contribution in [0.4, 0.5) is 0 Å². The van der Waals surface area contributed by atoms with E-state index < -0.39 is 5.54 Å². The molecule has 0 aromatic carbocycles. The molecule has 0 bridgehead atoms. The van der Waals surface area contributed by atoms with E-state index in [9.17, 15) is 4.79 Å². The van der Waals surface area contributed by atoms with E-state index in [-0.39, 0.29) is 11.9 Å². The quantitative estimate of drug-likeness (QED) is 0.689. The van der Waals surface area contributed by atoms with Crippen LogP contribution in [-0.4, -0.2) is 28.9 Å². The Morgan fingerprint density at radius 2 is 2.27 bits per heavy atom. The van der Waals surface area contributed by atoms with E-state index in [1.807, 2.05) is 32.1 Å². The molecule has 2 unspecified atom stereocenters. The van der Waals surface area contributed by atoms with E-state index in [0.29, 0.717) is 6.54 Å². The van der Waals surface area contributed by atoms with Gasteiger partial charge in [-0.1, -0.05) is 6.08 Å². The lowest BCUT2D eigenvalue weighted by Crippen LogP contribution is -2.52. The van der Waals surface area contributed by atoms with Crippen LogP contribution in [0.3, 0.4) is 0 Å². The van der Waals surface area contributed by atoms with Crippen molar-refractivity contribution < 1.29 is 4.79 Å². The predicted molar refractivity (Wildman–Crippen MR) is 60.9 cm³/mol. The molecule has 0 heterocycles. The molecule has 84 valence electrons. The highest BCUT2D eigenvalue weighted by molar-refractivity contribution is 5.76. The fourth-order valence-electron chi connectivity index (χ4n) is 1.56. The van der Waals surface area contributed by atoms with Gasteiger partial charge < -0.3 is 16.4 Å². The second kappa shape index (κ2) is 4.16. The highest BCUT2D eigenvalue weighted by atomic mass is 16.2. The molecule has 1 amide bonds. The van der Waals surface area contributed by atoms with Gasteiger partial charge in [0.1, 0.15) is 0 Å². The van der Waals surface area contributed by atoms with Crippen LogP contribution in [0.5, 0.6) is 0 Å². The Morgan fingerprint density at radius 1 is 1.67 bits per heavy atom. The maximum atomic E-state index is 11.3. The number of hydrogen-bond donors (Lipinski definition) is 2. The smallest absolute Gasteiger partial charge is 0.223 e. The van der Waals surface area contributed by atoms with Gasteiger partial charge in [-0.3, -0.25) is 4.79 Å². The summed E-state index contributed by atoms with van der Waals surface area (Å²) in [4.78, 5) is 13.0. The number of nitrogens with two attached hydrogens (primary N) is 2. The first-order chi connectivity index (χ1) is 6.88. The van der Waals surface area contributed by atoms with Crippen LogP contribution in [0.2, 0.25) is 0 Å². The number of nitrogens with zero attached hydrogens (tertiary/aromatic N) is 1. The fraction of sp³-hybridized carbons (Fsp3) is 0.545. The van der Waals surface area contributed by atoms with Crippen LogP contribution < -0.4 is 11.5 Å². The van der Waals surface area contributed by atoms with E-state index in [1.54, 1.807) is 11.8 Å². The topological polar surface area (TPSA) is 72.3 Å². The Balaban J connectivity index is 2.91. The number of rotatable bonds is 2. The van der Waals surface area contributed by atoms with E-state index in [4.69, 9.17) is 11.5 Å². The van der Waals surface area contributed by atoms with Gasteiger partial charge in [0.05, 0.1) is 5.54 Å². The minimum atomic E-state index is -0.528. The van der Waals surface area contributed by atoms with Crippen LogP contribution in [0.25, 0.3) is 0 Å². The van der Waals surface area contributed by atoms with E-state index in [0.717, 1.165) is 5.70 Å². The molecular formula is C11H19N3O. The van der Waals surface area contributed by atoms with Crippen molar-refractivity contribution in [3.8, 4) is 0 Å². The zero-order valence-corrected chi connectivity index (χ0v) is 9.53. The fourth-order valence-corrected chi connectivity index (χ4v) is 1.56. The number of likely N-dealkylation sites (N-methyl/N-ethyl adjacent to an activating group) is 1. The first kappa shape index (κ1) is 11.9. The van der Waals surface area contributed by atoms with Crippen molar-refractivity contribution in [3.05, 3.63) is 23.9 Å². The molecule has 1 aliphatic carbocycles. The number of allylic oxidation sites excluding steroid dienone is 1. The number of hydrogen-bond acceptors (Lipinski definition) is 3. The zero-order chi connectivity index (χ0) is 11.6. The van der Waals surface area contributed by atoms with Gasteiger partial charge in [-0.15, -0.1) is 0 Å². The van der Waals surface area contributed by atoms with Crippen molar-refractivity contribution in [3.63, 3.8) is 0 Å². The molecule has 1 aliphatic rings. The van der Waals surface area contributed by atoms with Crippen LogP contribution in [0, 0.1) is 0 Å². The molecule has 0 spiro atoms. The van der Waals surface area contributed by atoms with Crippen molar-refractivity contribution in [2.24, 2.45) is 11.5 Å². The Morgan fingerprint density at radius 3 is 2.67 bits per heavy atom. The van der Waals surface area contributed by atoms with Crippen LogP contribution >= 0.6 is 0 Å². The molecule has 4 N–H and O–H groups in total. The standard InChI is InChI=1S/C11H19N3O/c1-4-14(8(2)15)9-5-6-11(3,13)10(12)7-9/h5-7,10H,4,12-13H2,1-3H3. The summed E-state index contributed by atoms with van der Waals surface area (Å²) >= 11 is 0. The SMILES string of the molecule is CCN(C(C)=O)C1=CC(N)C(C)(N)C=C1. The van der Waals surface area contributed by atoms with Crippen molar-refractivity contribution in [1.29, 1.82) is 0 Å². The van der Waals surface area contributed by atoms with Crippen molar-refractivity contribution in [2.45, 2.75) is 32.4 Å². The van der Waals surface area contributed by atoms with Crippen LogP contribution in [0.1, 0.15) is 20.8 Å². The maximum absolute atomic E-state index is 11.3. The third-order valence-corrected chi connectivity index (χ3v) is 2.69. The maximum Gasteiger partial charge on any atom is 0.223 e. The molecule has 4 heteroatoms. The minimum absolute atomic E-state index is 0.0150. The van der Waals surface area contributed by atoms with Crippen molar-refractivity contribution >= 4 is 5.91 Å². The molecular weight excluding hydrogens is 190 g/mol. The van der Waals surface area contributed by atoms with Gasteiger partial charge in [-0.2, -0.15) is 0 Å². The first-order valence-electron chi connectivity index (χ1n) is 5.12. The molecule has 0 saturated carbocycles. The van der Waals surface area contributed by atoms with Gasteiger partial charge in [-0.25, -0.2) is 0 Å². The molecule has 0 aromatic rings. The largest absolute Gasteiger partial charge is 0.323 e. The zero-order valence-electron chi connectivity index (χ0n) is 9.53. The number of amides is 1. The average Bonchev–Trinajstić information content (AvgIpc) is 2.12. The normalized spacial score (nSPS) is 29.9. The Bertz CT molecular complexity index is 318. The minimum Gasteiger partial charge on any atom is -0.323 e. The first-order valence-corrected chi connectivity index (χ1v) is 5.12. The summed E-state index contributed by atoms with van der Waals surface area (Å²) in [5.41, 5.74) is 12.2. The Hall–Kier alpha value is -1.13. The summed E-state index contributed by atoms with van der Waals surface area (Å²) in [7, 11) is 0. The molecule has 0 radical (unpaired) electrons. The average molecular weight is 209 g/mol. The number of carbonyl (C=O) groups excluding carboxylic acids is 1. The second-order valence-corrected chi connectivity index (χ2v) is 4.08. The number of carbonyl (C=O) groups is 1. The van der Waals surface area contributed by atoms with Gasteiger partial charge >= 0.3 is 0 Å². The van der Waals surface area contributed by atoms with E-state index in [2.05, 4.69) is 0 Å². The lowest BCUT2D eigenvalue weighted by atomic mass is 9.88. The summed E-state index contributed by atoms with van der Waals surface area (Å²) in [5.74, 6) is 0.0150. The summed E-state index contributed by atoms with van der Waals surface area (Å²) < 4.78 is 0. The molecule has 2 atom stereocenters. The highest BCUT2D eigenvalue weighted by Gasteiger charge is 2.27. The van der Waals surface area contributed by atoms with Gasteiger partial charge in [0.2, 0.25) is 5.91 Å². The lowest BCUT2D eigenvalue weighted by Gasteiger charge is -2.32.